The SMILES string of the molecule is CCCNCC(O)CN(C)c1ccc(OC)cc1. The number of hydrogen-bond donors (Lipinski definition) is 2. The molecule has 0 heterocycles. The lowest BCUT2D eigenvalue weighted by atomic mass is 10.2. The fraction of sp³-hybridized carbons (Fsp3) is 0.571. The lowest BCUT2D eigenvalue weighted by Gasteiger charge is -2.23. The van der Waals surface area contributed by atoms with Gasteiger partial charge in [0.2, 0.25) is 0 Å². The first-order valence-corrected chi connectivity index (χ1v) is 6.41. The molecule has 1 atom stereocenters. The molecule has 0 radical (unpaired) electrons. The van der Waals surface area contributed by atoms with Gasteiger partial charge in [0.15, 0.2) is 0 Å². The van der Waals surface area contributed by atoms with Crippen LogP contribution >= 0.6 is 0 Å². The van der Waals surface area contributed by atoms with Gasteiger partial charge in [0.1, 0.15) is 5.75 Å². The maximum Gasteiger partial charge on any atom is 0.119 e. The third-order valence-electron chi connectivity index (χ3n) is 2.80. The fourth-order valence-corrected chi connectivity index (χ4v) is 1.77. The van der Waals surface area contributed by atoms with Gasteiger partial charge in [-0.05, 0) is 37.2 Å². The summed E-state index contributed by atoms with van der Waals surface area (Å²) in [6, 6.07) is 7.83. The number of nitrogens with one attached hydrogen (secondary N) is 1. The maximum absolute atomic E-state index is 9.88. The smallest absolute Gasteiger partial charge is 0.119 e. The average Bonchev–Trinajstić information content (AvgIpc) is 2.39. The summed E-state index contributed by atoms with van der Waals surface area (Å²) in [7, 11) is 3.63. The summed E-state index contributed by atoms with van der Waals surface area (Å²) in [4.78, 5) is 2.04. The number of anilines is 1. The van der Waals surface area contributed by atoms with E-state index in [9.17, 15) is 5.11 Å². The topological polar surface area (TPSA) is 44.7 Å². The van der Waals surface area contributed by atoms with Crippen molar-refractivity contribution in [2.24, 2.45) is 0 Å². The molecular formula is C14H24N2O2. The summed E-state index contributed by atoms with van der Waals surface area (Å²) in [6.07, 6.45) is 0.727. The first-order chi connectivity index (χ1) is 8.67. The molecule has 0 spiro atoms. The highest BCUT2D eigenvalue weighted by Crippen LogP contribution is 2.18. The molecule has 0 saturated heterocycles. The first-order valence-electron chi connectivity index (χ1n) is 6.41. The molecule has 1 rings (SSSR count). The van der Waals surface area contributed by atoms with Crippen LogP contribution < -0.4 is 15.0 Å². The Balaban J connectivity index is 2.40. The highest BCUT2D eigenvalue weighted by atomic mass is 16.5. The van der Waals surface area contributed by atoms with Gasteiger partial charge in [-0.25, -0.2) is 0 Å². The van der Waals surface area contributed by atoms with Crippen LogP contribution in [0.3, 0.4) is 0 Å². The van der Waals surface area contributed by atoms with E-state index in [0.29, 0.717) is 13.1 Å². The number of hydrogen-bond acceptors (Lipinski definition) is 4. The minimum absolute atomic E-state index is 0.358. The van der Waals surface area contributed by atoms with Gasteiger partial charge in [0.25, 0.3) is 0 Å². The summed E-state index contributed by atoms with van der Waals surface area (Å²) in [5, 5.41) is 13.1. The molecular weight excluding hydrogens is 228 g/mol. The average molecular weight is 252 g/mol. The lowest BCUT2D eigenvalue weighted by Crippen LogP contribution is -2.36. The molecule has 0 saturated carbocycles. The van der Waals surface area contributed by atoms with Crippen LogP contribution in [0.2, 0.25) is 0 Å². The van der Waals surface area contributed by atoms with Crippen molar-refractivity contribution in [3.05, 3.63) is 24.3 Å². The zero-order valence-corrected chi connectivity index (χ0v) is 11.5. The second-order valence-electron chi connectivity index (χ2n) is 4.44. The van der Waals surface area contributed by atoms with E-state index in [-0.39, 0.29) is 6.10 Å². The molecule has 1 unspecified atom stereocenters. The Hall–Kier alpha value is -1.26. The van der Waals surface area contributed by atoms with Crippen LogP contribution in [0.15, 0.2) is 24.3 Å². The monoisotopic (exact) mass is 252 g/mol. The summed E-state index contributed by atoms with van der Waals surface area (Å²) < 4.78 is 5.12. The van der Waals surface area contributed by atoms with E-state index in [1.54, 1.807) is 7.11 Å². The number of rotatable bonds is 8. The summed E-state index contributed by atoms with van der Waals surface area (Å²) >= 11 is 0. The van der Waals surface area contributed by atoms with E-state index in [1.165, 1.54) is 0 Å². The molecule has 0 amide bonds. The Labute approximate surface area is 110 Å². The molecule has 4 heteroatoms. The number of ether oxygens (including phenoxy) is 1. The van der Waals surface area contributed by atoms with Crippen molar-refractivity contribution in [3.63, 3.8) is 0 Å². The third-order valence-corrected chi connectivity index (χ3v) is 2.80. The Kier molecular flexibility index (Phi) is 6.54. The zero-order valence-electron chi connectivity index (χ0n) is 11.5. The Morgan fingerprint density at radius 1 is 1.33 bits per heavy atom. The van der Waals surface area contributed by atoms with E-state index >= 15 is 0 Å². The molecule has 1 aromatic carbocycles. The molecule has 0 aliphatic heterocycles. The molecule has 0 aliphatic rings. The van der Waals surface area contributed by atoms with Gasteiger partial charge in [-0.15, -0.1) is 0 Å². The van der Waals surface area contributed by atoms with Gasteiger partial charge in [-0.1, -0.05) is 6.92 Å². The van der Waals surface area contributed by atoms with E-state index < -0.39 is 0 Å². The van der Waals surface area contributed by atoms with Gasteiger partial charge >= 0.3 is 0 Å². The van der Waals surface area contributed by atoms with Crippen molar-refractivity contribution in [1.82, 2.24) is 5.32 Å². The van der Waals surface area contributed by atoms with Crippen LogP contribution in [-0.2, 0) is 0 Å². The van der Waals surface area contributed by atoms with Crippen LogP contribution in [0.4, 0.5) is 5.69 Å². The molecule has 0 aliphatic carbocycles. The van der Waals surface area contributed by atoms with Crippen molar-refractivity contribution in [1.29, 1.82) is 0 Å². The number of methoxy groups -OCH3 is 1. The van der Waals surface area contributed by atoms with Crippen LogP contribution in [0.1, 0.15) is 13.3 Å². The molecule has 0 aromatic heterocycles. The quantitative estimate of drug-likeness (QED) is 0.688. The molecule has 2 N–H and O–H groups in total. The number of nitrogens with zero attached hydrogens (tertiary/aromatic N) is 1. The van der Waals surface area contributed by atoms with Gasteiger partial charge in [-0.2, -0.15) is 0 Å². The van der Waals surface area contributed by atoms with Gasteiger partial charge < -0.3 is 20.1 Å². The highest BCUT2D eigenvalue weighted by Gasteiger charge is 2.08. The second-order valence-corrected chi connectivity index (χ2v) is 4.44. The summed E-state index contributed by atoms with van der Waals surface area (Å²) in [5.74, 6) is 0.845. The predicted molar refractivity (Wildman–Crippen MR) is 75.4 cm³/mol. The summed E-state index contributed by atoms with van der Waals surface area (Å²) in [6.45, 7) is 4.31. The van der Waals surface area contributed by atoms with Crippen molar-refractivity contribution in [2.45, 2.75) is 19.4 Å². The Morgan fingerprint density at radius 2 is 2.00 bits per heavy atom. The minimum Gasteiger partial charge on any atom is -0.497 e. The molecule has 0 bridgehead atoms. The van der Waals surface area contributed by atoms with E-state index in [4.69, 9.17) is 4.74 Å². The molecule has 4 nitrogen and oxygen atoms in total. The standard InChI is InChI=1S/C14H24N2O2/c1-4-9-15-10-13(17)11-16(2)12-5-7-14(18-3)8-6-12/h5-8,13,15,17H,4,9-11H2,1-3H3. The molecule has 0 fully saturated rings. The van der Waals surface area contributed by atoms with Crippen LogP contribution in [0.25, 0.3) is 0 Å². The number of likely N-dealkylation sites (N-methyl/N-ethyl adjacent to an activating group) is 1. The van der Waals surface area contributed by atoms with Crippen LogP contribution in [-0.4, -0.2) is 45.0 Å². The third kappa shape index (κ3) is 4.94. The second kappa shape index (κ2) is 7.95. The molecule has 18 heavy (non-hydrogen) atoms. The zero-order chi connectivity index (χ0) is 13.4. The largest absolute Gasteiger partial charge is 0.497 e. The molecule has 1 aromatic rings. The fourth-order valence-electron chi connectivity index (χ4n) is 1.77. The van der Waals surface area contributed by atoms with Crippen LogP contribution in [0, 0.1) is 0 Å². The van der Waals surface area contributed by atoms with Gasteiger partial charge in [0.05, 0.1) is 13.2 Å². The maximum atomic E-state index is 9.88. The summed E-state index contributed by atoms with van der Waals surface area (Å²) in [5.41, 5.74) is 1.07. The first kappa shape index (κ1) is 14.8. The van der Waals surface area contributed by atoms with Gasteiger partial charge in [0, 0.05) is 25.8 Å². The van der Waals surface area contributed by atoms with Crippen molar-refractivity contribution in [2.75, 3.05) is 38.7 Å². The Morgan fingerprint density at radius 3 is 2.56 bits per heavy atom. The number of aliphatic hydroxyl groups is 1. The Bertz CT molecular complexity index is 327. The number of aliphatic hydroxyl groups excluding tert-OH is 1. The highest BCUT2D eigenvalue weighted by molar-refractivity contribution is 5.48. The van der Waals surface area contributed by atoms with E-state index in [2.05, 4.69) is 12.2 Å². The number of benzene rings is 1. The minimum atomic E-state index is -0.358. The predicted octanol–water partition coefficient (Wildman–Crippen LogP) is 1.49. The van der Waals surface area contributed by atoms with Gasteiger partial charge in [-0.3, -0.25) is 0 Å². The van der Waals surface area contributed by atoms with E-state index in [1.807, 2.05) is 36.2 Å². The lowest BCUT2D eigenvalue weighted by molar-refractivity contribution is 0.178. The molecule has 102 valence electrons. The van der Waals surface area contributed by atoms with Crippen molar-refractivity contribution in [3.8, 4) is 5.75 Å². The van der Waals surface area contributed by atoms with Crippen molar-refractivity contribution < 1.29 is 9.84 Å². The van der Waals surface area contributed by atoms with E-state index in [0.717, 1.165) is 24.4 Å². The normalized spacial score (nSPS) is 12.2. The van der Waals surface area contributed by atoms with Crippen LogP contribution in [0.5, 0.6) is 5.75 Å². The van der Waals surface area contributed by atoms with Crippen molar-refractivity contribution >= 4 is 5.69 Å².